The van der Waals surface area contributed by atoms with Crippen LogP contribution in [0.4, 0.5) is 0 Å². The Morgan fingerprint density at radius 1 is 0.627 bits per heavy atom. The molecule has 12 rings (SSSR count). The number of para-hydroxylation sites is 3. The van der Waals surface area contributed by atoms with Gasteiger partial charge in [0, 0.05) is 73.1 Å². The van der Waals surface area contributed by atoms with Crippen LogP contribution in [0.1, 0.15) is 32.0 Å². The second-order valence-electron chi connectivity index (χ2n) is 16.4. The van der Waals surface area contributed by atoms with Crippen LogP contribution in [0.3, 0.4) is 0 Å². The molecule has 0 amide bonds. The third-order valence-corrected chi connectivity index (χ3v) is 13.0. The summed E-state index contributed by atoms with van der Waals surface area (Å²) in [5, 5.41) is 7.16. The van der Waals surface area contributed by atoms with Gasteiger partial charge in [-0.3, -0.25) is 9.98 Å². The van der Waals surface area contributed by atoms with Gasteiger partial charge in [0.25, 0.3) is 0 Å². The van der Waals surface area contributed by atoms with Crippen LogP contribution in [0.5, 0.6) is 0 Å². The first-order chi connectivity index (χ1) is 29.0. The fourth-order valence-electron chi connectivity index (χ4n) is 10.1. The number of benzene rings is 6. The summed E-state index contributed by atoms with van der Waals surface area (Å²) in [7, 11) is 0. The summed E-state index contributed by atoms with van der Waals surface area (Å²) in [5.41, 5.74) is 13.0. The van der Waals surface area contributed by atoms with Crippen molar-refractivity contribution >= 4 is 71.3 Å². The summed E-state index contributed by atoms with van der Waals surface area (Å²) in [5.74, 6) is 0.305. The van der Waals surface area contributed by atoms with Crippen molar-refractivity contribution in [1.82, 2.24) is 14.1 Å². The third-order valence-electron chi connectivity index (χ3n) is 13.0. The van der Waals surface area contributed by atoms with E-state index in [1.165, 1.54) is 49.2 Å². The van der Waals surface area contributed by atoms with Crippen molar-refractivity contribution < 1.29 is 4.42 Å². The quantitative estimate of drug-likeness (QED) is 0.175. The molecule has 59 heavy (non-hydrogen) atoms. The highest BCUT2D eigenvalue weighted by molar-refractivity contribution is 6.13. The number of furan rings is 1. The van der Waals surface area contributed by atoms with Crippen molar-refractivity contribution in [2.24, 2.45) is 10.9 Å². The van der Waals surface area contributed by atoms with Gasteiger partial charge < -0.3 is 13.6 Å². The number of hydrogen-bond acceptors (Lipinski definition) is 3. The van der Waals surface area contributed by atoms with Gasteiger partial charge >= 0.3 is 0 Å². The van der Waals surface area contributed by atoms with Crippen molar-refractivity contribution in [3.63, 3.8) is 0 Å². The van der Waals surface area contributed by atoms with E-state index in [-0.39, 0.29) is 6.04 Å². The van der Waals surface area contributed by atoms with Gasteiger partial charge in [0.05, 0.1) is 28.2 Å². The van der Waals surface area contributed by atoms with Crippen LogP contribution in [0, 0.1) is 5.92 Å². The monoisotopic (exact) mass is 760 g/mol. The Morgan fingerprint density at radius 3 is 1.98 bits per heavy atom. The molecule has 1 aliphatic heterocycles. The summed E-state index contributed by atoms with van der Waals surface area (Å²) in [4.78, 5) is 10.0. The molecule has 0 saturated carbocycles. The number of hydrogen-bond donors (Lipinski definition) is 0. The molecular formula is C54H40N4O. The summed E-state index contributed by atoms with van der Waals surface area (Å²) >= 11 is 0. The lowest BCUT2D eigenvalue weighted by atomic mass is 9.70. The number of aliphatic imine (C=N–C) groups is 1. The van der Waals surface area contributed by atoms with Gasteiger partial charge in [0.1, 0.15) is 11.2 Å². The molecule has 1 aliphatic carbocycles. The SMILES string of the molecule is CC1CC=CN=C1C1=CC=CC(C)(c2ccccn2)C1n1c2ccccc2c2cc(-c3ccc4oc5ccc(-n6c7ccccc7c7ccccc76)cc5c4c3)ccc21. The summed E-state index contributed by atoms with van der Waals surface area (Å²) in [6.45, 7) is 4.62. The minimum Gasteiger partial charge on any atom is -0.456 e. The number of rotatable bonds is 5. The molecule has 0 saturated heterocycles. The zero-order valence-corrected chi connectivity index (χ0v) is 32.9. The molecule has 0 radical (unpaired) electrons. The average molecular weight is 761 g/mol. The summed E-state index contributed by atoms with van der Waals surface area (Å²) in [6, 6.07) is 52.6. The summed E-state index contributed by atoms with van der Waals surface area (Å²) in [6.07, 6.45) is 13.9. The van der Waals surface area contributed by atoms with E-state index in [0.717, 1.165) is 56.6 Å². The Hall–Kier alpha value is -7.24. The Bertz CT molecular complexity index is 3410. The highest BCUT2D eigenvalue weighted by Gasteiger charge is 2.43. The van der Waals surface area contributed by atoms with Gasteiger partial charge in [-0.2, -0.15) is 0 Å². The third kappa shape index (κ3) is 5.04. The molecule has 0 spiro atoms. The second-order valence-corrected chi connectivity index (χ2v) is 16.4. The predicted octanol–water partition coefficient (Wildman–Crippen LogP) is 13.8. The van der Waals surface area contributed by atoms with Crippen molar-refractivity contribution in [2.75, 3.05) is 0 Å². The molecule has 10 aromatic rings. The molecule has 3 unspecified atom stereocenters. The van der Waals surface area contributed by atoms with E-state index in [1.807, 2.05) is 18.5 Å². The molecule has 0 bridgehead atoms. The maximum absolute atomic E-state index is 6.47. The lowest BCUT2D eigenvalue weighted by Gasteiger charge is -2.41. The van der Waals surface area contributed by atoms with Crippen LogP contribution in [0.2, 0.25) is 0 Å². The fourth-order valence-corrected chi connectivity index (χ4v) is 10.1. The first-order valence-electron chi connectivity index (χ1n) is 20.6. The van der Waals surface area contributed by atoms with E-state index < -0.39 is 5.41 Å². The van der Waals surface area contributed by atoms with Crippen LogP contribution >= 0.6 is 0 Å². The van der Waals surface area contributed by atoms with Gasteiger partial charge in [0.15, 0.2) is 0 Å². The highest BCUT2D eigenvalue weighted by Crippen LogP contribution is 2.49. The maximum Gasteiger partial charge on any atom is 0.135 e. The molecule has 0 N–H and O–H groups in total. The zero-order chi connectivity index (χ0) is 39.2. The second kappa shape index (κ2) is 12.9. The van der Waals surface area contributed by atoms with E-state index in [0.29, 0.717) is 5.92 Å². The van der Waals surface area contributed by atoms with Gasteiger partial charge in [-0.15, -0.1) is 0 Å². The topological polar surface area (TPSA) is 48.2 Å². The first-order valence-corrected chi connectivity index (χ1v) is 20.6. The van der Waals surface area contributed by atoms with Crippen LogP contribution in [0.15, 0.2) is 197 Å². The molecule has 5 nitrogen and oxygen atoms in total. The van der Waals surface area contributed by atoms with Gasteiger partial charge in [-0.25, -0.2) is 0 Å². The molecule has 282 valence electrons. The van der Waals surface area contributed by atoms with Crippen molar-refractivity contribution in [1.29, 1.82) is 0 Å². The van der Waals surface area contributed by atoms with Gasteiger partial charge in [0.2, 0.25) is 0 Å². The molecule has 3 atom stereocenters. The number of allylic oxidation sites excluding steroid dienone is 5. The molecule has 6 aromatic carbocycles. The molecular weight excluding hydrogens is 721 g/mol. The number of aromatic nitrogens is 3. The minimum atomic E-state index is -0.437. The molecule has 5 heterocycles. The van der Waals surface area contributed by atoms with Crippen molar-refractivity contribution in [3.8, 4) is 16.8 Å². The van der Waals surface area contributed by atoms with E-state index in [4.69, 9.17) is 14.4 Å². The Labute approximate surface area is 341 Å². The smallest absolute Gasteiger partial charge is 0.135 e. The largest absolute Gasteiger partial charge is 0.456 e. The summed E-state index contributed by atoms with van der Waals surface area (Å²) < 4.78 is 11.4. The van der Waals surface area contributed by atoms with E-state index in [9.17, 15) is 0 Å². The van der Waals surface area contributed by atoms with Gasteiger partial charge in [-0.05, 0) is 103 Å². The van der Waals surface area contributed by atoms with E-state index >= 15 is 0 Å². The number of pyridine rings is 1. The number of nitrogens with zero attached hydrogens (tertiary/aromatic N) is 4. The fraction of sp³-hybridized carbons (Fsp3) is 0.111. The van der Waals surface area contributed by atoms with E-state index in [1.54, 1.807) is 0 Å². The predicted molar refractivity (Wildman–Crippen MR) is 245 cm³/mol. The molecule has 0 fully saturated rings. The van der Waals surface area contributed by atoms with Crippen LogP contribution in [-0.2, 0) is 5.41 Å². The molecule has 4 aromatic heterocycles. The normalized spacial score (nSPS) is 19.4. The average Bonchev–Trinajstić information content (AvgIpc) is 3.94. The van der Waals surface area contributed by atoms with Gasteiger partial charge in [-0.1, -0.05) is 104 Å². The molecule has 5 heteroatoms. The highest BCUT2D eigenvalue weighted by atomic mass is 16.3. The zero-order valence-electron chi connectivity index (χ0n) is 32.9. The Balaban J connectivity index is 1.03. The lowest BCUT2D eigenvalue weighted by molar-refractivity contribution is 0.409. The van der Waals surface area contributed by atoms with E-state index in [2.05, 4.69) is 187 Å². The lowest BCUT2D eigenvalue weighted by Crippen LogP contribution is -2.39. The van der Waals surface area contributed by atoms with Crippen molar-refractivity contribution in [3.05, 3.63) is 194 Å². The maximum atomic E-state index is 6.47. The number of fused-ring (bicyclic) bond motifs is 9. The van der Waals surface area contributed by atoms with Crippen LogP contribution in [-0.4, -0.2) is 19.8 Å². The first kappa shape index (κ1) is 33.9. The molecule has 2 aliphatic rings. The van der Waals surface area contributed by atoms with Crippen LogP contribution in [0.25, 0.3) is 82.4 Å². The van der Waals surface area contributed by atoms with Crippen LogP contribution < -0.4 is 0 Å². The Kier molecular flexibility index (Phi) is 7.40. The standard InChI is InChI=1S/C54H40N4O/c1-34-13-12-30-56-52(34)41-17-11-28-54(2,51-21-9-10-29-55-51)53(41)58-47-20-8-5-16-40(47)42-31-35(22-25-48(42)58)36-23-26-49-43(32-36)44-33-37(24-27-50(44)59-49)57-45-18-6-3-14-38(45)39-15-4-7-19-46(39)57/h3-12,14-34,53H,13H2,1-2H3. The van der Waals surface area contributed by atoms with Crippen molar-refractivity contribution in [2.45, 2.75) is 31.7 Å². The Morgan fingerprint density at radius 2 is 1.25 bits per heavy atom. The minimum absolute atomic E-state index is 0.0827.